The van der Waals surface area contributed by atoms with Crippen molar-refractivity contribution in [1.82, 2.24) is 10.6 Å². The molecule has 0 aliphatic carbocycles. The van der Waals surface area contributed by atoms with Gasteiger partial charge >= 0.3 is 0 Å². The lowest BCUT2D eigenvalue weighted by molar-refractivity contribution is -0.120. The van der Waals surface area contributed by atoms with Gasteiger partial charge in [0.25, 0.3) is 0 Å². The lowest BCUT2D eigenvalue weighted by Gasteiger charge is -2.10. The second-order valence-electron chi connectivity index (χ2n) is 4.39. The molecule has 1 rings (SSSR count). The zero-order chi connectivity index (χ0) is 14.8. The number of hydrogen-bond acceptors (Lipinski definition) is 4. The lowest BCUT2D eigenvalue weighted by atomic mass is 10.1. The molecule has 2 N–H and O–H groups in total. The maximum Gasteiger partial charge on any atom is 0.221 e. The molecule has 5 nitrogen and oxygen atoms in total. The monoisotopic (exact) mass is 280 g/mol. The van der Waals surface area contributed by atoms with Crippen molar-refractivity contribution >= 4 is 5.91 Å². The standard InChI is InChI=1S/C15H24N2O3/c1-4-16-9-8-15(18)17-10-7-12-5-6-13(19-2)14(11-12)20-3/h5-6,11,16H,4,7-10H2,1-3H3,(H,17,18). The van der Waals surface area contributed by atoms with Gasteiger partial charge in [-0.05, 0) is 30.7 Å². The molecule has 5 heteroatoms. The molecule has 0 aliphatic heterocycles. The minimum Gasteiger partial charge on any atom is -0.493 e. The van der Waals surface area contributed by atoms with E-state index in [9.17, 15) is 4.79 Å². The van der Waals surface area contributed by atoms with Gasteiger partial charge in [-0.15, -0.1) is 0 Å². The van der Waals surface area contributed by atoms with Gasteiger partial charge in [-0.1, -0.05) is 13.0 Å². The number of rotatable bonds is 9. The summed E-state index contributed by atoms with van der Waals surface area (Å²) in [5.74, 6) is 1.50. The van der Waals surface area contributed by atoms with Crippen LogP contribution >= 0.6 is 0 Å². The van der Waals surface area contributed by atoms with E-state index in [0.29, 0.717) is 24.5 Å². The molecule has 1 aromatic rings. The van der Waals surface area contributed by atoms with E-state index < -0.39 is 0 Å². The molecule has 0 heterocycles. The van der Waals surface area contributed by atoms with Gasteiger partial charge in [-0.3, -0.25) is 4.79 Å². The van der Waals surface area contributed by atoms with Crippen LogP contribution in [0.25, 0.3) is 0 Å². The van der Waals surface area contributed by atoms with Crippen molar-refractivity contribution in [2.75, 3.05) is 33.9 Å². The molecule has 0 bridgehead atoms. The number of benzene rings is 1. The van der Waals surface area contributed by atoms with Gasteiger partial charge in [0.15, 0.2) is 11.5 Å². The Balaban J connectivity index is 2.36. The summed E-state index contributed by atoms with van der Waals surface area (Å²) in [6.07, 6.45) is 1.28. The molecule has 0 saturated carbocycles. The van der Waals surface area contributed by atoms with Gasteiger partial charge in [0.1, 0.15) is 0 Å². The number of amides is 1. The first-order valence-corrected chi connectivity index (χ1v) is 6.89. The number of ether oxygens (including phenoxy) is 2. The molecule has 0 saturated heterocycles. The van der Waals surface area contributed by atoms with Crippen LogP contribution in [0, 0.1) is 0 Å². The maximum atomic E-state index is 11.5. The number of hydrogen-bond donors (Lipinski definition) is 2. The SMILES string of the molecule is CCNCCC(=O)NCCc1ccc(OC)c(OC)c1. The highest BCUT2D eigenvalue weighted by Gasteiger charge is 2.05. The van der Waals surface area contributed by atoms with Crippen molar-refractivity contribution in [1.29, 1.82) is 0 Å². The van der Waals surface area contributed by atoms with Crippen LogP contribution in [0.2, 0.25) is 0 Å². The van der Waals surface area contributed by atoms with Crippen molar-refractivity contribution in [3.8, 4) is 11.5 Å². The Morgan fingerprint density at radius 1 is 1.15 bits per heavy atom. The Hall–Kier alpha value is -1.75. The summed E-state index contributed by atoms with van der Waals surface area (Å²) < 4.78 is 10.4. The van der Waals surface area contributed by atoms with Crippen LogP contribution in [0.4, 0.5) is 0 Å². The van der Waals surface area contributed by atoms with E-state index in [-0.39, 0.29) is 5.91 Å². The van der Waals surface area contributed by atoms with Gasteiger partial charge in [0, 0.05) is 19.5 Å². The summed E-state index contributed by atoms with van der Waals surface area (Å²) >= 11 is 0. The van der Waals surface area contributed by atoms with Crippen molar-refractivity contribution in [3.05, 3.63) is 23.8 Å². The van der Waals surface area contributed by atoms with Gasteiger partial charge in [-0.25, -0.2) is 0 Å². The Bertz CT molecular complexity index is 422. The lowest BCUT2D eigenvalue weighted by Crippen LogP contribution is -2.29. The van der Waals surface area contributed by atoms with Crippen LogP contribution in [0.15, 0.2) is 18.2 Å². The Morgan fingerprint density at radius 3 is 2.55 bits per heavy atom. The largest absolute Gasteiger partial charge is 0.493 e. The predicted octanol–water partition coefficient (Wildman–Crippen LogP) is 1.36. The van der Waals surface area contributed by atoms with Crippen molar-refractivity contribution in [2.45, 2.75) is 19.8 Å². The molecule has 20 heavy (non-hydrogen) atoms. The molecule has 112 valence electrons. The third kappa shape index (κ3) is 5.48. The van der Waals surface area contributed by atoms with Crippen LogP contribution in [0.3, 0.4) is 0 Å². The maximum absolute atomic E-state index is 11.5. The fourth-order valence-corrected chi connectivity index (χ4v) is 1.85. The first kappa shape index (κ1) is 16.3. The average molecular weight is 280 g/mol. The van der Waals surface area contributed by atoms with Gasteiger partial charge in [0.05, 0.1) is 14.2 Å². The number of methoxy groups -OCH3 is 2. The zero-order valence-electron chi connectivity index (χ0n) is 12.5. The number of nitrogens with one attached hydrogen (secondary N) is 2. The molecule has 0 radical (unpaired) electrons. The van der Waals surface area contributed by atoms with Gasteiger partial charge < -0.3 is 20.1 Å². The van der Waals surface area contributed by atoms with Crippen molar-refractivity contribution in [2.24, 2.45) is 0 Å². The van der Waals surface area contributed by atoms with E-state index in [2.05, 4.69) is 10.6 Å². The third-order valence-corrected chi connectivity index (χ3v) is 2.96. The van der Waals surface area contributed by atoms with Gasteiger partial charge in [0.2, 0.25) is 5.91 Å². The fourth-order valence-electron chi connectivity index (χ4n) is 1.85. The molecule has 0 aromatic heterocycles. The minimum atomic E-state index is 0.0754. The summed E-state index contributed by atoms with van der Waals surface area (Å²) in [6.45, 7) is 4.26. The summed E-state index contributed by atoms with van der Waals surface area (Å²) in [4.78, 5) is 11.5. The molecule has 0 fully saturated rings. The molecule has 0 spiro atoms. The molecule has 0 atom stereocenters. The van der Waals surface area contributed by atoms with Crippen LogP contribution < -0.4 is 20.1 Å². The second kappa shape index (κ2) is 9.20. The molecule has 1 amide bonds. The van der Waals surface area contributed by atoms with E-state index in [1.165, 1.54) is 0 Å². The molecular weight excluding hydrogens is 256 g/mol. The number of carbonyl (C=O) groups excluding carboxylic acids is 1. The summed E-state index contributed by atoms with van der Waals surface area (Å²) in [7, 11) is 3.23. The molecular formula is C15H24N2O3. The van der Waals surface area contributed by atoms with Crippen LogP contribution in [-0.4, -0.2) is 39.8 Å². The van der Waals surface area contributed by atoms with Gasteiger partial charge in [-0.2, -0.15) is 0 Å². The normalized spacial score (nSPS) is 10.2. The first-order chi connectivity index (χ1) is 9.71. The summed E-state index contributed by atoms with van der Waals surface area (Å²) in [6, 6.07) is 5.79. The van der Waals surface area contributed by atoms with Crippen LogP contribution in [0.1, 0.15) is 18.9 Å². The minimum absolute atomic E-state index is 0.0754. The molecule has 1 aromatic carbocycles. The highest BCUT2D eigenvalue weighted by molar-refractivity contribution is 5.76. The third-order valence-electron chi connectivity index (χ3n) is 2.96. The highest BCUT2D eigenvalue weighted by Crippen LogP contribution is 2.27. The van der Waals surface area contributed by atoms with E-state index in [4.69, 9.17) is 9.47 Å². The van der Waals surface area contributed by atoms with E-state index in [1.807, 2.05) is 25.1 Å². The zero-order valence-corrected chi connectivity index (χ0v) is 12.5. The van der Waals surface area contributed by atoms with Crippen LogP contribution in [-0.2, 0) is 11.2 Å². The van der Waals surface area contributed by atoms with E-state index >= 15 is 0 Å². The number of carbonyl (C=O) groups is 1. The summed E-state index contributed by atoms with van der Waals surface area (Å²) in [5, 5.41) is 6.03. The van der Waals surface area contributed by atoms with E-state index in [1.54, 1.807) is 14.2 Å². The Kier molecular flexibility index (Phi) is 7.50. The predicted molar refractivity (Wildman–Crippen MR) is 79.4 cm³/mol. The Morgan fingerprint density at radius 2 is 1.90 bits per heavy atom. The topological polar surface area (TPSA) is 59.6 Å². The second-order valence-corrected chi connectivity index (χ2v) is 4.39. The summed E-state index contributed by atoms with van der Waals surface area (Å²) in [5.41, 5.74) is 1.11. The molecule has 0 aliphatic rings. The highest BCUT2D eigenvalue weighted by atomic mass is 16.5. The average Bonchev–Trinajstić information content (AvgIpc) is 2.47. The fraction of sp³-hybridized carbons (Fsp3) is 0.533. The van der Waals surface area contributed by atoms with E-state index in [0.717, 1.165) is 25.1 Å². The smallest absolute Gasteiger partial charge is 0.221 e. The first-order valence-electron chi connectivity index (χ1n) is 6.89. The quantitative estimate of drug-likeness (QED) is 0.671. The Labute approximate surface area is 120 Å². The van der Waals surface area contributed by atoms with Crippen molar-refractivity contribution in [3.63, 3.8) is 0 Å². The molecule has 0 unspecified atom stereocenters. The van der Waals surface area contributed by atoms with Crippen LogP contribution in [0.5, 0.6) is 11.5 Å². The van der Waals surface area contributed by atoms with Crippen molar-refractivity contribution < 1.29 is 14.3 Å².